The van der Waals surface area contributed by atoms with Gasteiger partial charge in [-0.15, -0.1) is 5.10 Å². The predicted molar refractivity (Wildman–Crippen MR) is 101 cm³/mol. The number of aryl methyl sites for hydroxylation is 1. The molecule has 0 spiro atoms. The molecule has 4 rings (SSSR count). The minimum absolute atomic E-state index is 0.116. The SMILES string of the molecule is Cc1cc(COc2cc3[nH]c(CNC(=O)Cn4ccnn4)cc3cc2Cl)on1. The first kappa shape index (κ1) is 18.1. The zero-order valence-electron chi connectivity index (χ0n) is 15.0. The zero-order chi connectivity index (χ0) is 19.5. The molecule has 2 N–H and O–H groups in total. The third-order valence-electron chi connectivity index (χ3n) is 4.03. The van der Waals surface area contributed by atoms with E-state index in [9.17, 15) is 4.79 Å². The molecular formula is C18H17ClN6O3. The van der Waals surface area contributed by atoms with Crippen molar-refractivity contribution in [3.63, 3.8) is 0 Å². The zero-order valence-corrected chi connectivity index (χ0v) is 15.7. The third-order valence-corrected chi connectivity index (χ3v) is 4.32. The van der Waals surface area contributed by atoms with Gasteiger partial charge in [-0.3, -0.25) is 4.79 Å². The quantitative estimate of drug-likeness (QED) is 0.493. The summed E-state index contributed by atoms with van der Waals surface area (Å²) < 4.78 is 12.3. The van der Waals surface area contributed by atoms with Crippen molar-refractivity contribution in [2.45, 2.75) is 26.6 Å². The highest BCUT2D eigenvalue weighted by molar-refractivity contribution is 6.32. The number of aromatic nitrogens is 5. The number of carbonyl (C=O) groups excluding carboxylic acids is 1. The number of nitrogens with zero attached hydrogens (tertiary/aromatic N) is 4. The fourth-order valence-corrected chi connectivity index (χ4v) is 2.97. The standard InChI is InChI=1S/C18H17ClN6O3/c1-11-4-14(28-23-11)10-27-17-7-16-12(6-15(17)19)5-13(22-16)8-20-18(26)9-25-3-2-21-24-25/h2-7,22H,8-10H2,1H3,(H,20,26). The largest absolute Gasteiger partial charge is 0.484 e. The van der Waals surface area contributed by atoms with E-state index in [4.69, 9.17) is 20.9 Å². The summed E-state index contributed by atoms with van der Waals surface area (Å²) in [5.41, 5.74) is 2.50. The van der Waals surface area contributed by atoms with Crippen LogP contribution in [0.25, 0.3) is 10.9 Å². The van der Waals surface area contributed by atoms with Crippen LogP contribution in [0.15, 0.2) is 41.2 Å². The Hall–Kier alpha value is -3.33. The molecular weight excluding hydrogens is 384 g/mol. The molecule has 1 amide bonds. The Kier molecular flexibility index (Phi) is 4.98. The van der Waals surface area contributed by atoms with Gasteiger partial charge in [0.2, 0.25) is 5.91 Å². The van der Waals surface area contributed by atoms with Crippen LogP contribution in [-0.2, 0) is 24.5 Å². The second-order valence-electron chi connectivity index (χ2n) is 6.27. The number of fused-ring (bicyclic) bond motifs is 1. The van der Waals surface area contributed by atoms with Gasteiger partial charge in [-0.05, 0) is 19.1 Å². The minimum Gasteiger partial charge on any atom is -0.484 e. The molecule has 9 nitrogen and oxygen atoms in total. The van der Waals surface area contributed by atoms with E-state index in [2.05, 4.69) is 25.8 Å². The van der Waals surface area contributed by atoms with Crippen LogP contribution in [-0.4, -0.2) is 31.0 Å². The van der Waals surface area contributed by atoms with Gasteiger partial charge in [0.15, 0.2) is 5.76 Å². The highest BCUT2D eigenvalue weighted by Gasteiger charge is 2.10. The van der Waals surface area contributed by atoms with Crippen molar-refractivity contribution in [3.8, 4) is 5.75 Å². The van der Waals surface area contributed by atoms with Gasteiger partial charge in [-0.1, -0.05) is 22.0 Å². The first-order valence-corrected chi connectivity index (χ1v) is 8.91. The van der Waals surface area contributed by atoms with E-state index >= 15 is 0 Å². The fraction of sp³-hybridized carbons (Fsp3) is 0.222. The highest BCUT2D eigenvalue weighted by Crippen LogP contribution is 2.31. The lowest BCUT2D eigenvalue weighted by Crippen LogP contribution is -2.27. The van der Waals surface area contributed by atoms with Crippen LogP contribution in [0.3, 0.4) is 0 Å². The van der Waals surface area contributed by atoms with Crippen LogP contribution in [0.5, 0.6) is 5.75 Å². The maximum Gasteiger partial charge on any atom is 0.242 e. The average Bonchev–Trinajstić information content (AvgIpc) is 3.39. The first-order chi connectivity index (χ1) is 13.6. The number of hydrogen-bond donors (Lipinski definition) is 2. The Morgan fingerprint density at radius 3 is 3.00 bits per heavy atom. The van der Waals surface area contributed by atoms with E-state index in [-0.39, 0.29) is 19.1 Å². The number of ether oxygens (including phenoxy) is 1. The van der Waals surface area contributed by atoms with E-state index in [1.807, 2.05) is 25.1 Å². The van der Waals surface area contributed by atoms with Gasteiger partial charge in [0.25, 0.3) is 0 Å². The molecule has 0 atom stereocenters. The number of halogens is 1. The first-order valence-electron chi connectivity index (χ1n) is 8.54. The lowest BCUT2D eigenvalue weighted by atomic mass is 10.2. The number of amides is 1. The molecule has 0 aliphatic rings. The molecule has 4 aromatic rings. The van der Waals surface area contributed by atoms with Gasteiger partial charge >= 0.3 is 0 Å². The molecule has 144 valence electrons. The van der Waals surface area contributed by atoms with Crippen molar-refractivity contribution < 1.29 is 14.1 Å². The molecule has 0 bridgehead atoms. The monoisotopic (exact) mass is 400 g/mol. The number of nitrogens with one attached hydrogen (secondary N) is 2. The number of benzene rings is 1. The van der Waals surface area contributed by atoms with Crippen LogP contribution < -0.4 is 10.1 Å². The average molecular weight is 401 g/mol. The van der Waals surface area contributed by atoms with Crippen molar-refractivity contribution in [2.24, 2.45) is 0 Å². The second-order valence-corrected chi connectivity index (χ2v) is 6.67. The molecule has 0 saturated carbocycles. The Labute approximate surface area is 164 Å². The smallest absolute Gasteiger partial charge is 0.242 e. The lowest BCUT2D eigenvalue weighted by Gasteiger charge is -2.06. The van der Waals surface area contributed by atoms with Gasteiger partial charge in [0.1, 0.15) is 18.9 Å². The summed E-state index contributed by atoms with van der Waals surface area (Å²) in [6.07, 6.45) is 3.16. The van der Waals surface area contributed by atoms with Gasteiger partial charge in [-0.2, -0.15) is 0 Å². The van der Waals surface area contributed by atoms with E-state index < -0.39 is 0 Å². The molecule has 0 aliphatic heterocycles. The molecule has 1 aromatic carbocycles. The molecule has 0 saturated heterocycles. The molecule has 3 heterocycles. The number of H-pyrrole nitrogens is 1. The Bertz CT molecular complexity index is 1100. The van der Waals surface area contributed by atoms with Crippen molar-refractivity contribution in [1.29, 1.82) is 0 Å². The van der Waals surface area contributed by atoms with E-state index in [0.717, 1.165) is 22.3 Å². The molecule has 3 aromatic heterocycles. The molecule has 0 radical (unpaired) electrons. The third kappa shape index (κ3) is 4.15. The minimum atomic E-state index is -0.159. The van der Waals surface area contributed by atoms with Crippen LogP contribution in [0.2, 0.25) is 5.02 Å². The number of carbonyl (C=O) groups is 1. The van der Waals surface area contributed by atoms with Crippen LogP contribution >= 0.6 is 11.6 Å². The topological polar surface area (TPSA) is 111 Å². The molecule has 0 aliphatic carbocycles. The maximum absolute atomic E-state index is 12.0. The second kappa shape index (κ2) is 7.73. The van der Waals surface area contributed by atoms with Gasteiger partial charge in [0, 0.05) is 34.9 Å². The van der Waals surface area contributed by atoms with Crippen molar-refractivity contribution >= 4 is 28.4 Å². The van der Waals surface area contributed by atoms with Crippen molar-refractivity contribution in [1.82, 2.24) is 30.5 Å². The Morgan fingerprint density at radius 2 is 2.25 bits per heavy atom. The van der Waals surface area contributed by atoms with Crippen LogP contribution in [0.4, 0.5) is 0 Å². The summed E-state index contributed by atoms with van der Waals surface area (Å²) >= 11 is 6.32. The van der Waals surface area contributed by atoms with Crippen LogP contribution in [0, 0.1) is 6.92 Å². The fourth-order valence-electron chi connectivity index (χ4n) is 2.75. The maximum atomic E-state index is 12.0. The number of aromatic amines is 1. The summed E-state index contributed by atoms with van der Waals surface area (Å²) in [5, 5.41) is 15.5. The van der Waals surface area contributed by atoms with Gasteiger partial charge < -0.3 is 19.6 Å². The van der Waals surface area contributed by atoms with Crippen molar-refractivity contribution in [2.75, 3.05) is 0 Å². The number of hydrogen-bond acceptors (Lipinski definition) is 6. The molecule has 0 fully saturated rings. The van der Waals surface area contributed by atoms with Crippen LogP contribution in [0.1, 0.15) is 17.1 Å². The summed E-state index contributed by atoms with van der Waals surface area (Å²) in [7, 11) is 0. The summed E-state index contributed by atoms with van der Waals surface area (Å²) in [4.78, 5) is 15.2. The lowest BCUT2D eigenvalue weighted by molar-refractivity contribution is -0.122. The summed E-state index contributed by atoms with van der Waals surface area (Å²) in [6, 6.07) is 7.37. The Balaban J connectivity index is 1.41. The predicted octanol–water partition coefficient (Wildman–Crippen LogP) is 2.60. The molecule has 28 heavy (non-hydrogen) atoms. The molecule has 0 unspecified atom stereocenters. The van der Waals surface area contributed by atoms with Crippen molar-refractivity contribution in [3.05, 3.63) is 58.8 Å². The van der Waals surface area contributed by atoms with Gasteiger partial charge in [-0.25, -0.2) is 4.68 Å². The van der Waals surface area contributed by atoms with E-state index in [1.54, 1.807) is 12.3 Å². The van der Waals surface area contributed by atoms with E-state index in [0.29, 0.717) is 23.1 Å². The van der Waals surface area contributed by atoms with Gasteiger partial charge in [0.05, 0.1) is 23.5 Å². The Morgan fingerprint density at radius 1 is 1.36 bits per heavy atom. The normalized spacial score (nSPS) is 11.1. The van der Waals surface area contributed by atoms with E-state index in [1.165, 1.54) is 10.9 Å². The molecule has 10 heteroatoms. The highest BCUT2D eigenvalue weighted by atomic mass is 35.5. The number of rotatable bonds is 7. The summed E-state index contributed by atoms with van der Waals surface area (Å²) in [6.45, 7) is 2.55. The summed E-state index contributed by atoms with van der Waals surface area (Å²) in [5.74, 6) is 0.997.